The van der Waals surface area contributed by atoms with Crippen molar-refractivity contribution in [3.05, 3.63) is 64.7 Å². The van der Waals surface area contributed by atoms with E-state index in [1.807, 2.05) is 30.3 Å². The van der Waals surface area contributed by atoms with Gasteiger partial charge in [0.2, 0.25) is 11.8 Å². The molecule has 0 fully saturated rings. The second kappa shape index (κ2) is 15.7. The number of carbonyl (C=O) groups is 2. The third kappa shape index (κ3) is 10.5. The van der Waals surface area contributed by atoms with Crippen molar-refractivity contribution in [2.24, 2.45) is 55.1 Å². The number of aliphatic imine (C=N–C) groups is 3. The predicted octanol–water partition coefficient (Wildman–Crippen LogP) is -1.19. The van der Waals surface area contributed by atoms with Crippen LogP contribution in [-0.4, -0.2) is 70.9 Å². The molecule has 2 rings (SSSR count). The zero-order chi connectivity index (χ0) is 31.4. The highest BCUT2D eigenvalue weighted by Gasteiger charge is 2.35. The van der Waals surface area contributed by atoms with Gasteiger partial charge in [-0.25, -0.2) is 9.98 Å². The molecule has 2 aromatic carbocycles. The smallest absolute Gasteiger partial charge is 0.248 e. The van der Waals surface area contributed by atoms with Crippen LogP contribution in [0.25, 0.3) is 0 Å². The van der Waals surface area contributed by atoms with Crippen molar-refractivity contribution in [1.29, 1.82) is 0 Å². The van der Waals surface area contributed by atoms with Crippen LogP contribution in [0.2, 0.25) is 0 Å². The standard InChI is InChI=1S/C28H43N11O3/c1-16-11-20(40)12-17(2)21(16)14-22(38-28(34)35)25(42)39(23(24(29)41)9-6-10-36-26(30)31)15-19(37-27(32)33)13-18-7-4-3-5-8-18/h3-5,7-8,11-12,19,22-23,40H,6,9-10,13-15H2,1-2H3,(H2,29,41)(H4,30,31,36)(H4,32,33,37)(H4,34,35,38)/t19-,22-,23+/m0/s1. The number of benzene rings is 2. The highest BCUT2D eigenvalue weighted by atomic mass is 16.3. The Bertz CT molecular complexity index is 1280. The fourth-order valence-electron chi connectivity index (χ4n) is 4.84. The van der Waals surface area contributed by atoms with Crippen LogP contribution in [0.4, 0.5) is 0 Å². The minimum absolute atomic E-state index is 0.0639. The van der Waals surface area contributed by atoms with Crippen molar-refractivity contribution in [2.75, 3.05) is 13.1 Å². The summed E-state index contributed by atoms with van der Waals surface area (Å²) in [6, 6.07) is 9.78. The summed E-state index contributed by atoms with van der Waals surface area (Å²) in [4.78, 5) is 41.0. The van der Waals surface area contributed by atoms with Crippen LogP contribution in [0, 0.1) is 13.8 Å². The summed E-state index contributed by atoms with van der Waals surface area (Å²) in [7, 11) is 0. The molecule has 0 aliphatic rings. The van der Waals surface area contributed by atoms with Crippen molar-refractivity contribution < 1.29 is 14.7 Å². The largest absolute Gasteiger partial charge is 0.508 e. The van der Waals surface area contributed by atoms with Gasteiger partial charge in [-0.3, -0.25) is 14.6 Å². The first-order chi connectivity index (χ1) is 19.8. The Balaban J connectivity index is 2.57. The van der Waals surface area contributed by atoms with Gasteiger partial charge in [-0.2, -0.15) is 0 Å². The zero-order valence-corrected chi connectivity index (χ0v) is 24.1. The average molecular weight is 582 g/mol. The van der Waals surface area contributed by atoms with Gasteiger partial charge in [-0.15, -0.1) is 0 Å². The lowest BCUT2D eigenvalue weighted by atomic mass is 9.94. The Labute approximate surface area is 245 Å². The maximum absolute atomic E-state index is 14.3. The highest BCUT2D eigenvalue weighted by Crippen LogP contribution is 2.24. The number of rotatable bonds is 15. The van der Waals surface area contributed by atoms with Crippen LogP contribution in [0.3, 0.4) is 0 Å². The fourth-order valence-corrected chi connectivity index (χ4v) is 4.84. The molecule has 0 heterocycles. The van der Waals surface area contributed by atoms with E-state index in [1.165, 1.54) is 4.90 Å². The van der Waals surface area contributed by atoms with Crippen LogP contribution < -0.4 is 40.1 Å². The van der Waals surface area contributed by atoms with Gasteiger partial charge in [-0.1, -0.05) is 30.3 Å². The lowest BCUT2D eigenvalue weighted by Gasteiger charge is -2.34. The maximum atomic E-state index is 14.3. The predicted molar refractivity (Wildman–Crippen MR) is 165 cm³/mol. The quantitative estimate of drug-likeness (QED) is 0.0712. The molecule has 2 amide bonds. The summed E-state index contributed by atoms with van der Waals surface area (Å²) in [5, 5.41) is 10.0. The molecular weight excluding hydrogens is 538 g/mol. The minimum atomic E-state index is -1.12. The molecular formula is C28H43N11O3. The van der Waals surface area contributed by atoms with Crippen molar-refractivity contribution >= 4 is 29.7 Å². The maximum Gasteiger partial charge on any atom is 0.248 e. The topological polar surface area (TPSA) is 277 Å². The van der Waals surface area contributed by atoms with Crippen molar-refractivity contribution in [3.63, 3.8) is 0 Å². The molecule has 0 saturated carbocycles. The van der Waals surface area contributed by atoms with Gasteiger partial charge in [-0.05, 0) is 67.5 Å². The van der Waals surface area contributed by atoms with E-state index < -0.39 is 29.9 Å². The summed E-state index contributed by atoms with van der Waals surface area (Å²) in [5.74, 6) is -1.78. The Kier molecular flexibility index (Phi) is 12.4. The number of nitrogens with two attached hydrogens (primary N) is 7. The van der Waals surface area contributed by atoms with Gasteiger partial charge < -0.3 is 50.1 Å². The number of amides is 2. The normalized spacial score (nSPS) is 12.8. The van der Waals surface area contributed by atoms with Crippen LogP contribution in [-0.2, 0) is 22.4 Å². The Morgan fingerprint density at radius 2 is 1.45 bits per heavy atom. The molecule has 0 aromatic heterocycles. The summed E-state index contributed by atoms with van der Waals surface area (Å²) in [5.41, 5.74) is 42.9. The summed E-state index contributed by atoms with van der Waals surface area (Å²) < 4.78 is 0. The monoisotopic (exact) mass is 581 g/mol. The van der Waals surface area contributed by atoms with Gasteiger partial charge in [0.1, 0.15) is 17.8 Å². The van der Waals surface area contributed by atoms with E-state index in [0.717, 1.165) is 22.3 Å². The second-order valence-electron chi connectivity index (χ2n) is 10.1. The lowest BCUT2D eigenvalue weighted by Crippen LogP contribution is -2.54. The fraction of sp³-hybridized carbons (Fsp3) is 0.393. The Hall–Kier alpha value is -5.01. The van der Waals surface area contributed by atoms with Gasteiger partial charge in [0.25, 0.3) is 0 Å². The van der Waals surface area contributed by atoms with E-state index in [9.17, 15) is 14.7 Å². The van der Waals surface area contributed by atoms with Crippen molar-refractivity contribution in [2.45, 2.75) is 57.7 Å². The van der Waals surface area contributed by atoms with E-state index >= 15 is 0 Å². The first kappa shape index (κ1) is 33.2. The molecule has 3 atom stereocenters. The highest BCUT2D eigenvalue weighted by molar-refractivity contribution is 5.91. The third-order valence-corrected chi connectivity index (χ3v) is 6.64. The number of primary amides is 1. The Morgan fingerprint density at radius 1 is 0.857 bits per heavy atom. The van der Waals surface area contributed by atoms with Crippen LogP contribution in [0.5, 0.6) is 5.75 Å². The number of aryl methyl sites for hydroxylation is 2. The number of hydrogen-bond donors (Lipinski definition) is 8. The molecule has 2 aromatic rings. The number of phenols is 1. The molecule has 15 N–H and O–H groups in total. The van der Waals surface area contributed by atoms with Gasteiger partial charge in [0.15, 0.2) is 17.9 Å². The number of aromatic hydroxyl groups is 1. The van der Waals surface area contributed by atoms with Gasteiger partial charge in [0.05, 0.1) is 6.04 Å². The van der Waals surface area contributed by atoms with E-state index in [0.29, 0.717) is 12.8 Å². The van der Waals surface area contributed by atoms with Crippen LogP contribution in [0.15, 0.2) is 57.4 Å². The lowest BCUT2D eigenvalue weighted by molar-refractivity contribution is -0.140. The van der Waals surface area contributed by atoms with Crippen molar-refractivity contribution in [3.8, 4) is 5.75 Å². The third-order valence-electron chi connectivity index (χ3n) is 6.64. The number of nitrogens with zero attached hydrogens (tertiary/aromatic N) is 4. The van der Waals surface area contributed by atoms with Crippen molar-refractivity contribution in [1.82, 2.24) is 4.90 Å². The molecule has 228 valence electrons. The average Bonchev–Trinajstić information content (AvgIpc) is 2.88. The Morgan fingerprint density at radius 3 is 1.98 bits per heavy atom. The van der Waals surface area contributed by atoms with Gasteiger partial charge in [0, 0.05) is 19.5 Å². The van der Waals surface area contributed by atoms with Crippen LogP contribution in [0.1, 0.15) is 35.1 Å². The molecule has 0 radical (unpaired) electrons. The number of carbonyl (C=O) groups excluding carboxylic acids is 2. The van der Waals surface area contributed by atoms with E-state index in [2.05, 4.69) is 15.0 Å². The molecule has 0 saturated heterocycles. The number of guanidine groups is 3. The molecule has 0 aliphatic heterocycles. The SMILES string of the molecule is Cc1cc(O)cc(C)c1C[C@H](N=C(N)N)C(=O)N(C[C@H](Cc1ccccc1)N=C(N)N)[C@H](CCCN=C(N)N)C(N)=O. The second-order valence-corrected chi connectivity index (χ2v) is 10.1. The van der Waals surface area contributed by atoms with Gasteiger partial charge >= 0.3 is 0 Å². The number of phenolic OH excluding ortho intramolecular Hbond substituents is 1. The molecule has 0 unspecified atom stereocenters. The number of hydrogen-bond acceptors (Lipinski definition) is 6. The van der Waals surface area contributed by atoms with E-state index in [1.54, 1.807) is 26.0 Å². The van der Waals surface area contributed by atoms with E-state index in [-0.39, 0.29) is 49.6 Å². The summed E-state index contributed by atoms with van der Waals surface area (Å²) >= 11 is 0. The summed E-state index contributed by atoms with van der Waals surface area (Å²) in [6.45, 7) is 3.77. The molecule has 0 spiro atoms. The first-order valence-electron chi connectivity index (χ1n) is 13.4. The van der Waals surface area contributed by atoms with E-state index in [4.69, 9.17) is 40.1 Å². The molecule has 14 heteroatoms. The first-order valence-corrected chi connectivity index (χ1v) is 13.4. The summed E-state index contributed by atoms with van der Waals surface area (Å²) in [6.07, 6.45) is 0.967. The molecule has 42 heavy (non-hydrogen) atoms. The molecule has 14 nitrogen and oxygen atoms in total. The minimum Gasteiger partial charge on any atom is -0.508 e. The van der Waals surface area contributed by atoms with Crippen LogP contribution >= 0.6 is 0 Å². The zero-order valence-electron chi connectivity index (χ0n) is 24.1. The molecule has 0 bridgehead atoms. The molecule has 0 aliphatic carbocycles.